The minimum atomic E-state index is -1.28. The molecule has 0 aromatic heterocycles. The van der Waals surface area contributed by atoms with Crippen LogP contribution in [0.2, 0.25) is 0 Å². The van der Waals surface area contributed by atoms with Gasteiger partial charge in [-0.3, -0.25) is 0 Å². The molecule has 3 aromatic rings. The van der Waals surface area contributed by atoms with E-state index in [2.05, 4.69) is 55.5 Å². The molecule has 0 heterocycles. The average molecular weight is 333 g/mol. The lowest BCUT2D eigenvalue weighted by Crippen LogP contribution is -2.47. The van der Waals surface area contributed by atoms with Crippen molar-refractivity contribution in [3.05, 3.63) is 91.0 Å². The molecule has 0 N–H and O–H groups in total. The van der Waals surface area contributed by atoms with Crippen LogP contribution >= 0.6 is 0 Å². The first-order chi connectivity index (χ1) is 11.8. The third-order valence-corrected chi connectivity index (χ3v) is 5.97. The third-order valence-electron chi connectivity index (χ3n) is 3.62. The van der Waals surface area contributed by atoms with Gasteiger partial charge in [-0.05, 0) is 29.4 Å². The summed E-state index contributed by atoms with van der Waals surface area (Å²) in [5.41, 5.74) is 0. The normalized spacial score (nSPS) is 12.1. The summed E-state index contributed by atoms with van der Waals surface area (Å²) in [5, 5.41) is 2.50. The molecule has 0 aliphatic carbocycles. The first-order valence-corrected chi connectivity index (χ1v) is 9.56. The highest BCUT2D eigenvalue weighted by molar-refractivity contribution is 6.80. The lowest BCUT2D eigenvalue weighted by Gasteiger charge is -2.21. The van der Waals surface area contributed by atoms with E-state index >= 15 is 0 Å². The monoisotopic (exact) mass is 333 g/mol. The second-order valence-electron chi connectivity index (χ2n) is 5.61. The molecule has 0 fully saturated rings. The van der Waals surface area contributed by atoms with Crippen LogP contribution < -0.4 is 15.1 Å². The van der Waals surface area contributed by atoms with Gasteiger partial charge in [0, 0.05) is 0 Å². The van der Waals surface area contributed by atoms with Crippen molar-refractivity contribution in [1.82, 2.24) is 0 Å². The van der Waals surface area contributed by atoms with Crippen molar-refractivity contribution in [2.24, 2.45) is 0 Å². The Labute approximate surface area is 145 Å². The molecule has 1 radical (unpaired) electrons. The molecule has 121 valence electrons. The maximum atomic E-state index is 6.42. The third kappa shape index (κ3) is 4.57. The molecule has 1 unspecified atom stereocenters. The van der Waals surface area contributed by atoms with Crippen LogP contribution in [-0.2, 0) is 4.43 Å². The Morgan fingerprint density at radius 2 is 1.17 bits per heavy atom. The fourth-order valence-electron chi connectivity index (χ4n) is 2.45. The van der Waals surface area contributed by atoms with Crippen molar-refractivity contribution >= 4 is 19.4 Å². The largest absolute Gasteiger partial charge is 0.491 e. The summed E-state index contributed by atoms with van der Waals surface area (Å²) in [7, 11) is -1.28. The van der Waals surface area contributed by atoms with E-state index in [0.717, 1.165) is 5.75 Å². The number of hydrogen-bond donors (Lipinski definition) is 0. The quantitative estimate of drug-likeness (QED) is 0.618. The van der Waals surface area contributed by atoms with E-state index in [-0.39, 0.29) is 6.10 Å². The minimum absolute atomic E-state index is 0.0134. The number of para-hydroxylation sites is 1. The van der Waals surface area contributed by atoms with Gasteiger partial charge in [0.05, 0.1) is 6.10 Å². The molecule has 3 aromatic carbocycles. The van der Waals surface area contributed by atoms with E-state index in [4.69, 9.17) is 9.16 Å². The maximum absolute atomic E-state index is 6.42. The minimum Gasteiger partial charge on any atom is -0.491 e. The summed E-state index contributed by atoms with van der Waals surface area (Å²) in [6.45, 7) is 2.61. The van der Waals surface area contributed by atoms with Gasteiger partial charge in [-0.2, -0.15) is 0 Å². The highest BCUT2D eigenvalue weighted by Gasteiger charge is 2.21. The highest BCUT2D eigenvalue weighted by atomic mass is 28.3. The van der Waals surface area contributed by atoms with Gasteiger partial charge in [-0.15, -0.1) is 0 Å². The standard InChI is InChI=1S/C21H21O2Si/c1-18(17-22-19-11-5-2-6-12-19)23-24(20-13-7-3-8-14-20)21-15-9-4-10-16-21/h2-16,18H,17H2,1H3. The first-order valence-electron chi connectivity index (χ1n) is 8.15. The van der Waals surface area contributed by atoms with E-state index in [0.29, 0.717) is 6.61 Å². The molecule has 0 aliphatic heterocycles. The lowest BCUT2D eigenvalue weighted by atomic mass is 10.3. The smallest absolute Gasteiger partial charge is 0.283 e. The summed E-state index contributed by atoms with van der Waals surface area (Å²) in [4.78, 5) is 0. The summed E-state index contributed by atoms with van der Waals surface area (Å²) in [5.74, 6) is 0.876. The number of benzene rings is 3. The Morgan fingerprint density at radius 1 is 0.708 bits per heavy atom. The highest BCUT2D eigenvalue weighted by Crippen LogP contribution is 2.09. The summed E-state index contributed by atoms with van der Waals surface area (Å²) in [6.07, 6.45) is 0.0134. The molecular weight excluding hydrogens is 312 g/mol. The molecule has 0 aliphatic rings. The van der Waals surface area contributed by atoms with Crippen LogP contribution in [0, 0.1) is 0 Å². The predicted octanol–water partition coefficient (Wildman–Crippen LogP) is 3.28. The van der Waals surface area contributed by atoms with Gasteiger partial charge in [0.1, 0.15) is 12.4 Å². The zero-order chi connectivity index (χ0) is 16.6. The summed E-state index contributed by atoms with van der Waals surface area (Å²) >= 11 is 0. The van der Waals surface area contributed by atoms with E-state index < -0.39 is 9.04 Å². The van der Waals surface area contributed by atoms with Crippen LogP contribution in [0.25, 0.3) is 0 Å². The van der Waals surface area contributed by atoms with E-state index in [9.17, 15) is 0 Å². The zero-order valence-corrected chi connectivity index (χ0v) is 14.8. The second kappa shape index (κ2) is 8.48. The molecule has 2 nitrogen and oxygen atoms in total. The molecule has 3 rings (SSSR count). The van der Waals surface area contributed by atoms with Gasteiger partial charge in [-0.25, -0.2) is 0 Å². The van der Waals surface area contributed by atoms with Gasteiger partial charge < -0.3 is 9.16 Å². The summed E-state index contributed by atoms with van der Waals surface area (Å²) in [6, 6.07) is 30.8. The topological polar surface area (TPSA) is 18.5 Å². The van der Waals surface area contributed by atoms with Crippen LogP contribution in [0.5, 0.6) is 5.75 Å². The number of hydrogen-bond acceptors (Lipinski definition) is 2. The molecule has 0 spiro atoms. The molecule has 1 atom stereocenters. The SMILES string of the molecule is CC(COc1ccccc1)O[Si](c1ccccc1)c1ccccc1. The van der Waals surface area contributed by atoms with Crippen molar-refractivity contribution in [1.29, 1.82) is 0 Å². The van der Waals surface area contributed by atoms with Crippen molar-refractivity contribution in [2.75, 3.05) is 6.61 Å². The fraction of sp³-hybridized carbons (Fsp3) is 0.143. The first kappa shape index (κ1) is 16.5. The molecular formula is C21H21O2Si. The van der Waals surface area contributed by atoms with Crippen LogP contribution in [0.1, 0.15) is 6.92 Å². The fourth-order valence-corrected chi connectivity index (χ4v) is 4.51. The Bertz CT molecular complexity index is 677. The summed E-state index contributed by atoms with van der Waals surface area (Å²) < 4.78 is 12.3. The lowest BCUT2D eigenvalue weighted by molar-refractivity contribution is 0.147. The molecule has 0 amide bonds. The van der Waals surface area contributed by atoms with Crippen LogP contribution in [0.3, 0.4) is 0 Å². The molecule has 24 heavy (non-hydrogen) atoms. The van der Waals surface area contributed by atoms with Gasteiger partial charge in [0.15, 0.2) is 0 Å². The van der Waals surface area contributed by atoms with Crippen LogP contribution in [-0.4, -0.2) is 21.8 Å². The van der Waals surface area contributed by atoms with E-state index in [1.54, 1.807) is 0 Å². The molecule has 3 heteroatoms. The van der Waals surface area contributed by atoms with Crippen LogP contribution in [0.4, 0.5) is 0 Å². The Morgan fingerprint density at radius 3 is 1.67 bits per heavy atom. The van der Waals surface area contributed by atoms with Crippen molar-refractivity contribution in [3.63, 3.8) is 0 Å². The molecule has 0 saturated heterocycles. The molecule has 0 bridgehead atoms. The van der Waals surface area contributed by atoms with E-state index in [1.807, 2.05) is 42.5 Å². The number of ether oxygens (including phenoxy) is 1. The van der Waals surface area contributed by atoms with Gasteiger partial charge in [0.2, 0.25) is 0 Å². The van der Waals surface area contributed by atoms with Gasteiger partial charge in [0.25, 0.3) is 9.04 Å². The van der Waals surface area contributed by atoms with Gasteiger partial charge >= 0.3 is 0 Å². The Balaban J connectivity index is 1.70. The average Bonchev–Trinajstić information content (AvgIpc) is 2.67. The maximum Gasteiger partial charge on any atom is 0.283 e. The zero-order valence-electron chi connectivity index (χ0n) is 13.8. The number of rotatable bonds is 7. The van der Waals surface area contributed by atoms with Crippen LogP contribution in [0.15, 0.2) is 91.0 Å². The Hall–Kier alpha value is -2.36. The molecule has 0 saturated carbocycles. The van der Waals surface area contributed by atoms with E-state index in [1.165, 1.54) is 10.4 Å². The van der Waals surface area contributed by atoms with Gasteiger partial charge in [-0.1, -0.05) is 78.9 Å². The predicted molar refractivity (Wildman–Crippen MR) is 100 cm³/mol. The second-order valence-corrected chi connectivity index (χ2v) is 7.66. The van der Waals surface area contributed by atoms with Crippen molar-refractivity contribution < 1.29 is 9.16 Å². The van der Waals surface area contributed by atoms with Crippen molar-refractivity contribution in [2.45, 2.75) is 13.0 Å². The van der Waals surface area contributed by atoms with Crippen molar-refractivity contribution in [3.8, 4) is 5.75 Å². The Kier molecular flexibility index (Phi) is 5.83.